The highest BCUT2D eigenvalue weighted by Crippen LogP contribution is 2.23. The molecule has 0 aromatic heterocycles. The van der Waals surface area contributed by atoms with Crippen LogP contribution in [0.15, 0.2) is 60.7 Å². The highest BCUT2D eigenvalue weighted by atomic mass is 19.1. The first kappa shape index (κ1) is 17.5. The molecule has 0 saturated heterocycles. The first-order valence-electron chi connectivity index (χ1n) is 7.91. The quantitative estimate of drug-likeness (QED) is 0.710. The van der Waals surface area contributed by atoms with Crippen molar-refractivity contribution >= 4 is 28.3 Å². The van der Waals surface area contributed by atoms with Crippen LogP contribution in [-0.2, 0) is 9.53 Å². The summed E-state index contributed by atoms with van der Waals surface area (Å²) in [5.74, 6) is -3.93. The molecule has 4 nitrogen and oxygen atoms in total. The maximum Gasteiger partial charge on any atom is 0.344 e. The Hall–Kier alpha value is -3.28. The third kappa shape index (κ3) is 3.54. The van der Waals surface area contributed by atoms with E-state index in [2.05, 4.69) is 5.32 Å². The first-order valence-corrected chi connectivity index (χ1v) is 7.91. The number of benzene rings is 3. The Morgan fingerprint density at radius 2 is 1.54 bits per heavy atom. The van der Waals surface area contributed by atoms with Crippen molar-refractivity contribution in [3.63, 3.8) is 0 Å². The van der Waals surface area contributed by atoms with E-state index in [0.717, 1.165) is 29.0 Å². The predicted molar refractivity (Wildman–Crippen MR) is 93.8 cm³/mol. The molecule has 3 rings (SSSR count). The smallest absolute Gasteiger partial charge is 0.344 e. The van der Waals surface area contributed by atoms with Crippen LogP contribution < -0.4 is 5.32 Å². The van der Waals surface area contributed by atoms with Crippen LogP contribution in [0, 0.1) is 11.6 Å². The number of carbonyl (C=O) groups is 2. The fourth-order valence-corrected chi connectivity index (χ4v) is 2.53. The number of rotatable bonds is 4. The summed E-state index contributed by atoms with van der Waals surface area (Å²) in [5, 5.41) is 4.42. The lowest BCUT2D eigenvalue weighted by molar-refractivity contribution is -0.123. The van der Waals surface area contributed by atoms with Crippen molar-refractivity contribution in [3.8, 4) is 0 Å². The topological polar surface area (TPSA) is 55.4 Å². The standard InChI is InChI=1S/C20H15F2NO3/c1-12(26-20(25)18-15(21)9-5-10-16(18)22)19(24)23-17-11-4-7-13-6-2-3-8-14(13)17/h2-12H,1H3,(H,23,24)/t12-/m0/s1. The average Bonchev–Trinajstić information content (AvgIpc) is 2.61. The van der Waals surface area contributed by atoms with Gasteiger partial charge in [0.2, 0.25) is 0 Å². The molecule has 0 aliphatic rings. The molecule has 1 amide bonds. The molecule has 0 fully saturated rings. The van der Waals surface area contributed by atoms with Crippen LogP contribution in [0.2, 0.25) is 0 Å². The molecule has 1 N–H and O–H groups in total. The molecule has 0 spiro atoms. The maximum absolute atomic E-state index is 13.6. The fourth-order valence-electron chi connectivity index (χ4n) is 2.53. The number of esters is 1. The van der Waals surface area contributed by atoms with Crippen molar-refractivity contribution in [3.05, 3.63) is 77.9 Å². The molecule has 0 saturated carbocycles. The molecule has 0 unspecified atom stereocenters. The van der Waals surface area contributed by atoms with Gasteiger partial charge in [-0.3, -0.25) is 4.79 Å². The van der Waals surface area contributed by atoms with Gasteiger partial charge in [-0.2, -0.15) is 0 Å². The molecule has 0 aliphatic carbocycles. The number of hydrogen-bond donors (Lipinski definition) is 1. The second-order valence-electron chi connectivity index (χ2n) is 5.66. The molecule has 1 atom stereocenters. The van der Waals surface area contributed by atoms with Gasteiger partial charge in [0, 0.05) is 11.1 Å². The maximum atomic E-state index is 13.6. The lowest BCUT2D eigenvalue weighted by Crippen LogP contribution is -2.30. The number of hydrogen-bond acceptors (Lipinski definition) is 3. The highest BCUT2D eigenvalue weighted by molar-refractivity contribution is 6.04. The molecule has 132 valence electrons. The van der Waals surface area contributed by atoms with Crippen LogP contribution in [0.25, 0.3) is 10.8 Å². The van der Waals surface area contributed by atoms with Gasteiger partial charge in [-0.1, -0.05) is 42.5 Å². The molecule has 0 aliphatic heterocycles. The zero-order valence-corrected chi connectivity index (χ0v) is 13.8. The number of fused-ring (bicyclic) bond motifs is 1. The fraction of sp³-hybridized carbons (Fsp3) is 0.100. The van der Waals surface area contributed by atoms with Gasteiger partial charge in [-0.05, 0) is 30.5 Å². The van der Waals surface area contributed by atoms with Gasteiger partial charge in [-0.15, -0.1) is 0 Å². The summed E-state index contributed by atoms with van der Waals surface area (Å²) >= 11 is 0. The van der Waals surface area contributed by atoms with Crippen molar-refractivity contribution in [2.75, 3.05) is 5.32 Å². The number of ether oxygens (including phenoxy) is 1. The van der Waals surface area contributed by atoms with E-state index in [-0.39, 0.29) is 0 Å². The van der Waals surface area contributed by atoms with E-state index >= 15 is 0 Å². The van der Waals surface area contributed by atoms with Crippen molar-refractivity contribution in [2.24, 2.45) is 0 Å². The second-order valence-corrected chi connectivity index (χ2v) is 5.66. The summed E-state index contributed by atoms with van der Waals surface area (Å²) in [5.41, 5.74) is -0.273. The molecule has 0 heterocycles. The summed E-state index contributed by atoms with van der Waals surface area (Å²) in [4.78, 5) is 24.3. The van der Waals surface area contributed by atoms with Crippen LogP contribution in [0.3, 0.4) is 0 Å². The van der Waals surface area contributed by atoms with E-state index in [4.69, 9.17) is 4.74 Å². The van der Waals surface area contributed by atoms with E-state index in [9.17, 15) is 18.4 Å². The summed E-state index contributed by atoms with van der Waals surface area (Å²) in [6.07, 6.45) is -1.24. The third-order valence-electron chi connectivity index (χ3n) is 3.87. The van der Waals surface area contributed by atoms with Gasteiger partial charge in [0.1, 0.15) is 17.2 Å². The molecular weight excluding hydrogens is 340 g/mol. The zero-order chi connectivity index (χ0) is 18.7. The average molecular weight is 355 g/mol. The lowest BCUT2D eigenvalue weighted by Gasteiger charge is -2.15. The zero-order valence-electron chi connectivity index (χ0n) is 13.8. The van der Waals surface area contributed by atoms with E-state index in [1.165, 1.54) is 6.92 Å². The van der Waals surface area contributed by atoms with Gasteiger partial charge in [0.25, 0.3) is 5.91 Å². The summed E-state index contributed by atoms with van der Waals surface area (Å²) in [7, 11) is 0. The SMILES string of the molecule is C[C@H](OC(=O)c1c(F)cccc1F)C(=O)Nc1cccc2ccccc12. The van der Waals surface area contributed by atoms with Gasteiger partial charge < -0.3 is 10.1 Å². The van der Waals surface area contributed by atoms with E-state index < -0.39 is 35.2 Å². The summed E-state index contributed by atoms with van der Waals surface area (Å²) in [6, 6.07) is 15.9. The van der Waals surface area contributed by atoms with Gasteiger partial charge in [-0.25, -0.2) is 13.6 Å². The van der Waals surface area contributed by atoms with Crippen molar-refractivity contribution < 1.29 is 23.1 Å². The number of carbonyl (C=O) groups excluding carboxylic acids is 2. The predicted octanol–water partition coefficient (Wildman–Crippen LogP) is 4.30. The van der Waals surface area contributed by atoms with Crippen molar-refractivity contribution in [1.82, 2.24) is 0 Å². The lowest BCUT2D eigenvalue weighted by atomic mass is 10.1. The summed E-state index contributed by atoms with van der Waals surface area (Å²) < 4.78 is 32.2. The van der Waals surface area contributed by atoms with E-state index in [0.29, 0.717) is 5.69 Å². The molecule has 3 aromatic carbocycles. The van der Waals surface area contributed by atoms with Crippen LogP contribution in [-0.4, -0.2) is 18.0 Å². The van der Waals surface area contributed by atoms with Gasteiger partial charge in [0.15, 0.2) is 6.10 Å². The molecular formula is C20H15F2NO3. The number of amides is 1. The van der Waals surface area contributed by atoms with Crippen LogP contribution in [0.4, 0.5) is 14.5 Å². The van der Waals surface area contributed by atoms with Crippen LogP contribution >= 0.6 is 0 Å². The van der Waals surface area contributed by atoms with E-state index in [1.807, 2.05) is 30.3 Å². The number of anilines is 1. The largest absolute Gasteiger partial charge is 0.449 e. The Kier molecular flexibility index (Phi) is 4.93. The van der Waals surface area contributed by atoms with Crippen molar-refractivity contribution in [1.29, 1.82) is 0 Å². The molecule has 26 heavy (non-hydrogen) atoms. The minimum atomic E-state index is -1.24. The second kappa shape index (κ2) is 7.31. The van der Waals surface area contributed by atoms with Gasteiger partial charge >= 0.3 is 5.97 Å². The number of nitrogens with one attached hydrogen (secondary N) is 1. The summed E-state index contributed by atoms with van der Waals surface area (Å²) in [6.45, 7) is 1.33. The molecule has 3 aromatic rings. The molecule has 0 bridgehead atoms. The molecule has 0 radical (unpaired) electrons. The monoisotopic (exact) mass is 355 g/mol. The third-order valence-corrected chi connectivity index (χ3v) is 3.87. The normalized spacial score (nSPS) is 11.8. The van der Waals surface area contributed by atoms with Crippen LogP contribution in [0.1, 0.15) is 17.3 Å². The highest BCUT2D eigenvalue weighted by Gasteiger charge is 2.24. The Balaban J connectivity index is 1.75. The first-order chi connectivity index (χ1) is 12.5. The minimum Gasteiger partial charge on any atom is -0.449 e. The van der Waals surface area contributed by atoms with Gasteiger partial charge in [0.05, 0.1) is 0 Å². The Morgan fingerprint density at radius 1 is 0.923 bits per heavy atom. The van der Waals surface area contributed by atoms with Crippen molar-refractivity contribution in [2.45, 2.75) is 13.0 Å². The number of halogens is 2. The Bertz CT molecular complexity index is 962. The van der Waals surface area contributed by atoms with E-state index in [1.54, 1.807) is 12.1 Å². The Morgan fingerprint density at radius 3 is 2.27 bits per heavy atom. The van der Waals surface area contributed by atoms with Crippen LogP contribution in [0.5, 0.6) is 0 Å². The molecule has 6 heteroatoms. The minimum absolute atomic E-state index is 0.549. The Labute approximate surface area is 148 Å².